The van der Waals surface area contributed by atoms with Crippen molar-refractivity contribution in [2.45, 2.75) is 25.9 Å². The molecule has 0 radical (unpaired) electrons. The van der Waals surface area contributed by atoms with E-state index in [0.717, 1.165) is 38.3 Å². The Labute approximate surface area is 103 Å². The molecule has 0 aliphatic carbocycles. The molecule has 3 heteroatoms. The van der Waals surface area contributed by atoms with E-state index in [1.807, 2.05) is 18.2 Å². The number of hydrogen-bond acceptors (Lipinski definition) is 3. The van der Waals surface area contributed by atoms with Crippen molar-refractivity contribution < 1.29 is 4.74 Å². The number of benzene rings is 1. The summed E-state index contributed by atoms with van der Waals surface area (Å²) in [6.45, 7) is 5.73. The van der Waals surface area contributed by atoms with Crippen LogP contribution in [0.15, 0.2) is 24.3 Å². The molecule has 2 rings (SSSR count). The SMILES string of the molecule is CCC1COCCN1Cc1cccc(C#N)c1. The molecule has 0 aromatic heterocycles. The van der Waals surface area contributed by atoms with Crippen LogP contribution in [-0.4, -0.2) is 30.7 Å². The van der Waals surface area contributed by atoms with Crippen LogP contribution in [0.1, 0.15) is 24.5 Å². The molecule has 0 bridgehead atoms. The van der Waals surface area contributed by atoms with Gasteiger partial charge in [-0.15, -0.1) is 0 Å². The van der Waals surface area contributed by atoms with Gasteiger partial charge in [0.05, 0.1) is 24.8 Å². The molecule has 1 aromatic rings. The fourth-order valence-electron chi connectivity index (χ4n) is 2.25. The van der Waals surface area contributed by atoms with Gasteiger partial charge in [0.15, 0.2) is 0 Å². The molecule has 0 amide bonds. The van der Waals surface area contributed by atoms with E-state index in [-0.39, 0.29) is 0 Å². The zero-order valence-electron chi connectivity index (χ0n) is 10.2. The van der Waals surface area contributed by atoms with Crippen molar-refractivity contribution in [2.75, 3.05) is 19.8 Å². The summed E-state index contributed by atoms with van der Waals surface area (Å²) < 4.78 is 5.49. The van der Waals surface area contributed by atoms with Crippen LogP contribution in [0.4, 0.5) is 0 Å². The van der Waals surface area contributed by atoms with Crippen LogP contribution in [0.3, 0.4) is 0 Å². The number of rotatable bonds is 3. The number of ether oxygens (including phenoxy) is 1. The van der Waals surface area contributed by atoms with E-state index in [2.05, 4.69) is 24.0 Å². The van der Waals surface area contributed by atoms with Gasteiger partial charge >= 0.3 is 0 Å². The lowest BCUT2D eigenvalue weighted by atomic mass is 10.1. The van der Waals surface area contributed by atoms with E-state index >= 15 is 0 Å². The third-order valence-electron chi connectivity index (χ3n) is 3.26. The highest BCUT2D eigenvalue weighted by atomic mass is 16.5. The summed E-state index contributed by atoms with van der Waals surface area (Å²) in [5, 5.41) is 8.88. The molecule has 0 spiro atoms. The Morgan fingerprint density at radius 3 is 3.18 bits per heavy atom. The molecule has 1 fully saturated rings. The van der Waals surface area contributed by atoms with Crippen LogP contribution < -0.4 is 0 Å². The van der Waals surface area contributed by atoms with Gasteiger partial charge in [-0.3, -0.25) is 4.90 Å². The van der Waals surface area contributed by atoms with Gasteiger partial charge in [0.1, 0.15) is 0 Å². The molecule has 0 saturated carbocycles. The van der Waals surface area contributed by atoms with Crippen molar-refractivity contribution in [3.05, 3.63) is 35.4 Å². The predicted molar refractivity (Wildman–Crippen MR) is 66.5 cm³/mol. The first-order chi connectivity index (χ1) is 8.33. The van der Waals surface area contributed by atoms with Gasteiger partial charge in [-0.2, -0.15) is 5.26 Å². The first kappa shape index (κ1) is 12.1. The summed E-state index contributed by atoms with van der Waals surface area (Å²) in [5.41, 5.74) is 1.95. The molecule has 17 heavy (non-hydrogen) atoms. The second kappa shape index (κ2) is 5.81. The highest BCUT2D eigenvalue weighted by Gasteiger charge is 2.21. The fourth-order valence-corrected chi connectivity index (χ4v) is 2.25. The van der Waals surface area contributed by atoms with Crippen molar-refractivity contribution in [1.29, 1.82) is 5.26 Å². The Morgan fingerprint density at radius 1 is 1.53 bits per heavy atom. The molecule has 0 N–H and O–H groups in total. The Bertz CT molecular complexity index is 411. The predicted octanol–water partition coefficient (Wildman–Crippen LogP) is 2.17. The average Bonchev–Trinajstić information content (AvgIpc) is 2.39. The maximum Gasteiger partial charge on any atom is 0.0991 e. The van der Waals surface area contributed by atoms with Crippen LogP contribution in [0, 0.1) is 11.3 Å². The van der Waals surface area contributed by atoms with Crippen molar-refractivity contribution >= 4 is 0 Å². The first-order valence-corrected chi connectivity index (χ1v) is 6.14. The van der Waals surface area contributed by atoms with Crippen molar-refractivity contribution in [3.8, 4) is 6.07 Å². The lowest BCUT2D eigenvalue weighted by Crippen LogP contribution is -2.44. The number of nitrogens with zero attached hydrogens (tertiary/aromatic N) is 2. The van der Waals surface area contributed by atoms with E-state index in [9.17, 15) is 0 Å². The maximum absolute atomic E-state index is 8.88. The normalized spacial score (nSPS) is 21.1. The molecule has 1 aliphatic heterocycles. The Balaban J connectivity index is 2.06. The number of nitriles is 1. The van der Waals surface area contributed by atoms with Gasteiger partial charge < -0.3 is 4.74 Å². The zero-order chi connectivity index (χ0) is 12.1. The highest BCUT2D eigenvalue weighted by molar-refractivity contribution is 5.32. The zero-order valence-corrected chi connectivity index (χ0v) is 10.2. The molecule has 1 unspecified atom stereocenters. The van der Waals surface area contributed by atoms with Crippen molar-refractivity contribution in [3.63, 3.8) is 0 Å². The Kier molecular flexibility index (Phi) is 4.13. The molecule has 1 saturated heterocycles. The van der Waals surface area contributed by atoms with E-state index in [1.165, 1.54) is 5.56 Å². The van der Waals surface area contributed by atoms with Crippen molar-refractivity contribution in [1.82, 2.24) is 4.90 Å². The van der Waals surface area contributed by atoms with E-state index < -0.39 is 0 Å². The standard InChI is InChI=1S/C14H18N2O/c1-2-14-11-17-7-6-16(14)10-13-5-3-4-12(8-13)9-15/h3-5,8,14H,2,6-7,10-11H2,1H3. The molecule has 1 aromatic carbocycles. The van der Waals surface area contributed by atoms with Gasteiger partial charge in [-0.1, -0.05) is 19.1 Å². The average molecular weight is 230 g/mol. The van der Waals surface area contributed by atoms with Crippen molar-refractivity contribution in [2.24, 2.45) is 0 Å². The van der Waals surface area contributed by atoms with E-state index in [0.29, 0.717) is 6.04 Å². The van der Waals surface area contributed by atoms with Gasteiger partial charge in [0.2, 0.25) is 0 Å². The lowest BCUT2D eigenvalue weighted by Gasteiger charge is -2.35. The minimum Gasteiger partial charge on any atom is -0.378 e. The summed E-state index contributed by atoms with van der Waals surface area (Å²) in [6, 6.07) is 10.6. The van der Waals surface area contributed by atoms with Gasteiger partial charge in [-0.25, -0.2) is 0 Å². The minimum atomic E-state index is 0.509. The minimum absolute atomic E-state index is 0.509. The Morgan fingerprint density at radius 2 is 2.41 bits per heavy atom. The lowest BCUT2D eigenvalue weighted by molar-refractivity contribution is -0.0127. The first-order valence-electron chi connectivity index (χ1n) is 6.14. The highest BCUT2D eigenvalue weighted by Crippen LogP contribution is 2.15. The fraction of sp³-hybridized carbons (Fsp3) is 0.500. The summed E-state index contributed by atoms with van der Waals surface area (Å²) in [6.07, 6.45) is 1.11. The van der Waals surface area contributed by atoms with Crippen LogP contribution in [0.2, 0.25) is 0 Å². The van der Waals surface area contributed by atoms with Crippen LogP contribution in [0.5, 0.6) is 0 Å². The summed E-state index contributed by atoms with van der Waals surface area (Å²) in [7, 11) is 0. The number of morpholine rings is 1. The topological polar surface area (TPSA) is 36.3 Å². The molecule has 90 valence electrons. The second-order valence-electron chi connectivity index (χ2n) is 4.42. The maximum atomic E-state index is 8.88. The van der Waals surface area contributed by atoms with Crippen LogP contribution >= 0.6 is 0 Å². The summed E-state index contributed by atoms with van der Waals surface area (Å²) in [5.74, 6) is 0. The van der Waals surface area contributed by atoms with Crippen LogP contribution in [-0.2, 0) is 11.3 Å². The molecule has 1 aliphatic rings. The smallest absolute Gasteiger partial charge is 0.0991 e. The monoisotopic (exact) mass is 230 g/mol. The van der Waals surface area contributed by atoms with E-state index in [1.54, 1.807) is 0 Å². The van der Waals surface area contributed by atoms with E-state index in [4.69, 9.17) is 10.00 Å². The number of hydrogen-bond donors (Lipinski definition) is 0. The molecule has 1 heterocycles. The van der Waals surface area contributed by atoms with Gasteiger partial charge in [0.25, 0.3) is 0 Å². The second-order valence-corrected chi connectivity index (χ2v) is 4.42. The molecular weight excluding hydrogens is 212 g/mol. The quantitative estimate of drug-likeness (QED) is 0.798. The van der Waals surface area contributed by atoms with Gasteiger partial charge in [-0.05, 0) is 24.1 Å². The Hall–Kier alpha value is -1.37. The third kappa shape index (κ3) is 3.06. The molecule has 3 nitrogen and oxygen atoms in total. The third-order valence-corrected chi connectivity index (χ3v) is 3.26. The largest absolute Gasteiger partial charge is 0.378 e. The molecule has 1 atom stereocenters. The molecular formula is C14H18N2O. The van der Waals surface area contributed by atoms with Gasteiger partial charge in [0, 0.05) is 19.1 Å². The summed E-state index contributed by atoms with van der Waals surface area (Å²) >= 11 is 0. The van der Waals surface area contributed by atoms with Crippen LogP contribution in [0.25, 0.3) is 0 Å². The summed E-state index contributed by atoms with van der Waals surface area (Å²) in [4.78, 5) is 2.44.